The van der Waals surface area contributed by atoms with Crippen molar-refractivity contribution in [2.24, 2.45) is 0 Å². The molecular weight excluding hydrogens is 238 g/mol. The molecule has 5 heteroatoms. The first kappa shape index (κ1) is 10.8. The van der Waals surface area contributed by atoms with E-state index in [2.05, 4.69) is 5.32 Å². The number of fused-ring (bicyclic) bond motifs is 1. The minimum atomic E-state index is -0.512. The summed E-state index contributed by atoms with van der Waals surface area (Å²) < 4.78 is 5.12. The smallest absolute Gasteiger partial charge is 0.234 e. The van der Waals surface area contributed by atoms with Crippen molar-refractivity contribution in [3.63, 3.8) is 0 Å². The van der Waals surface area contributed by atoms with Crippen LogP contribution >= 0.6 is 11.8 Å². The fourth-order valence-electron chi connectivity index (χ4n) is 2.02. The first-order valence-corrected chi connectivity index (χ1v) is 6.33. The Labute approximate surface area is 103 Å². The van der Waals surface area contributed by atoms with E-state index in [0.29, 0.717) is 19.0 Å². The molecule has 3 rings (SSSR count). The molecule has 17 heavy (non-hydrogen) atoms. The molecule has 0 bridgehead atoms. The van der Waals surface area contributed by atoms with Crippen LogP contribution in [0, 0.1) is 0 Å². The third-order valence-corrected chi connectivity index (χ3v) is 4.21. The predicted octanol–water partition coefficient (Wildman–Crippen LogP) is 1.20. The maximum absolute atomic E-state index is 11.3. The van der Waals surface area contributed by atoms with Crippen molar-refractivity contribution in [1.29, 1.82) is 0 Å². The molecule has 0 radical (unpaired) electrons. The van der Waals surface area contributed by atoms with Gasteiger partial charge in [0.1, 0.15) is 6.29 Å². The normalized spacial score (nSPS) is 21.1. The summed E-state index contributed by atoms with van der Waals surface area (Å²) >= 11 is 1.52. The maximum atomic E-state index is 11.3. The zero-order valence-electron chi connectivity index (χ0n) is 9.06. The van der Waals surface area contributed by atoms with Crippen LogP contribution in [0.3, 0.4) is 0 Å². The molecule has 88 valence electrons. The van der Waals surface area contributed by atoms with Gasteiger partial charge in [0.25, 0.3) is 0 Å². The fourth-order valence-corrected chi connectivity index (χ4v) is 2.81. The van der Waals surface area contributed by atoms with Crippen molar-refractivity contribution >= 4 is 29.6 Å². The number of hydrogen-bond acceptors (Lipinski definition) is 4. The van der Waals surface area contributed by atoms with Gasteiger partial charge in [0, 0.05) is 4.90 Å². The number of ether oxygens (including phenoxy) is 1. The Morgan fingerprint density at radius 1 is 1.41 bits per heavy atom. The number of anilines is 1. The van der Waals surface area contributed by atoms with Gasteiger partial charge < -0.3 is 14.8 Å². The number of thioether (sulfide) groups is 1. The summed E-state index contributed by atoms with van der Waals surface area (Å²) in [7, 11) is 0. The van der Waals surface area contributed by atoms with Crippen LogP contribution in [-0.2, 0) is 19.7 Å². The summed E-state index contributed by atoms with van der Waals surface area (Å²) in [6.45, 7) is 0.854. The summed E-state index contributed by atoms with van der Waals surface area (Å²) in [5.41, 5.74) is 1.21. The summed E-state index contributed by atoms with van der Waals surface area (Å²) in [6, 6.07) is 5.79. The minimum absolute atomic E-state index is 0.00432. The zero-order chi connectivity index (χ0) is 11.9. The van der Waals surface area contributed by atoms with Crippen LogP contribution in [0.1, 0.15) is 5.56 Å². The molecule has 1 N–H and O–H groups in total. The molecule has 0 spiro atoms. The molecule has 0 aliphatic carbocycles. The van der Waals surface area contributed by atoms with Gasteiger partial charge in [-0.25, -0.2) is 0 Å². The largest absolute Gasteiger partial charge is 0.379 e. The quantitative estimate of drug-likeness (QED) is 0.800. The molecule has 1 saturated heterocycles. The summed E-state index contributed by atoms with van der Waals surface area (Å²) in [6.07, 6.45) is 0.940. The second kappa shape index (κ2) is 3.85. The van der Waals surface area contributed by atoms with Crippen LogP contribution < -0.4 is 5.32 Å². The number of rotatable bonds is 2. The maximum Gasteiger partial charge on any atom is 0.234 e. The Balaban J connectivity index is 2.00. The fraction of sp³-hybridized carbons (Fsp3) is 0.333. The molecule has 1 aromatic carbocycles. The van der Waals surface area contributed by atoms with E-state index in [9.17, 15) is 9.59 Å². The molecule has 4 nitrogen and oxygen atoms in total. The van der Waals surface area contributed by atoms with Crippen LogP contribution in [0.4, 0.5) is 5.69 Å². The molecule has 1 aromatic rings. The second-order valence-corrected chi connectivity index (χ2v) is 5.33. The Hall–Kier alpha value is -1.33. The molecule has 1 amide bonds. The van der Waals surface area contributed by atoms with Gasteiger partial charge in [0.05, 0.1) is 30.1 Å². The van der Waals surface area contributed by atoms with Crippen molar-refractivity contribution in [3.8, 4) is 0 Å². The highest BCUT2D eigenvalue weighted by molar-refractivity contribution is 8.00. The van der Waals surface area contributed by atoms with Gasteiger partial charge in [-0.2, -0.15) is 0 Å². The van der Waals surface area contributed by atoms with Crippen molar-refractivity contribution < 1.29 is 14.3 Å². The van der Waals surface area contributed by atoms with Gasteiger partial charge in [-0.15, -0.1) is 11.8 Å². The zero-order valence-corrected chi connectivity index (χ0v) is 9.88. The van der Waals surface area contributed by atoms with Crippen LogP contribution in [0.5, 0.6) is 0 Å². The summed E-state index contributed by atoms with van der Waals surface area (Å²) in [5, 5.41) is 2.83. The van der Waals surface area contributed by atoms with E-state index >= 15 is 0 Å². The SMILES string of the molecule is O=CC1(c2ccc3c(c2)NC(=O)CS3)COC1. The lowest BCUT2D eigenvalue weighted by atomic mass is 9.80. The standard InChI is InChI=1S/C12H11NO3S/c14-5-12(6-16-7-12)8-1-2-10-9(3-8)13-11(15)4-17-10/h1-3,5H,4,6-7H2,(H,13,15). The number of aldehydes is 1. The van der Waals surface area contributed by atoms with E-state index in [1.54, 1.807) is 0 Å². The average Bonchev–Trinajstić information content (AvgIpc) is 2.28. The molecular formula is C12H11NO3S. The Bertz CT molecular complexity index is 497. The van der Waals surface area contributed by atoms with Crippen LogP contribution in [0.2, 0.25) is 0 Å². The lowest BCUT2D eigenvalue weighted by molar-refractivity contribution is -0.129. The van der Waals surface area contributed by atoms with Crippen LogP contribution in [0.15, 0.2) is 23.1 Å². The van der Waals surface area contributed by atoms with Gasteiger partial charge >= 0.3 is 0 Å². The van der Waals surface area contributed by atoms with Crippen molar-refractivity contribution in [3.05, 3.63) is 23.8 Å². The van der Waals surface area contributed by atoms with Crippen LogP contribution in [-0.4, -0.2) is 31.2 Å². The lowest BCUT2D eigenvalue weighted by Crippen LogP contribution is -2.48. The highest BCUT2D eigenvalue weighted by Gasteiger charge is 2.40. The average molecular weight is 249 g/mol. The molecule has 1 fully saturated rings. The Morgan fingerprint density at radius 2 is 2.24 bits per heavy atom. The predicted molar refractivity (Wildman–Crippen MR) is 64.4 cm³/mol. The molecule has 0 aromatic heterocycles. The van der Waals surface area contributed by atoms with Crippen molar-refractivity contribution in [2.45, 2.75) is 10.3 Å². The molecule has 0 atom stereocenters. The monoisotopic (exact) mass is 249 g/mol. The highest BCUT2D eigenvalue weighted by Crippen LogP contribution is 2.37. The molecule has 0 saturated carbocycles. The topological polar surface area (TPSA) is 55.4 Å². The van der Waals surface area contributed by atoms with Crippen molar-refractivity contribution in [2.75, 3.05) is 24.3 Å². The summed E-state index contributed by atoms with van der Waals surface area (Å²) in [4.78, 5) is 23.5. The Kier molecular flexibility index (Phi) is 2.45. The molecule has 2 heterocycles. The number of nitrogens with one attached hydrogen (secondary N) is 1. The third-order valence-electron chi connectivity index (χ3n) is 3.13. The number of carbonyl (C=O) groups is 2. The van der Waals surface area contributed by atoms with E-state index in [0.717, 1.165) is 22.4 Å². The van der Waals surface area contributed by atoms with E-state index in [-0.39, 0.29) is 5.91 Å². The van der Waals surface area contributed by atoms with Gasteiger partial charge in [-0.05, 0) is 17.7 Å². The third kappa shape index (κ3) is 1.66. The molecule has 0 unspecified atom stereocenters. The van der Waals surface area contributed by atoms with Gasteiger partial charge in [0.2, 0.25) is 5.91 Å². The molecule has 2 aliphatic rings. The number of hydrogen-bond donors (Lipinski definition) is 1. The van der Waals surface area contributed by atoms with E-state index in [1.165, 1.54) is 11.8 Å². The second-order valence-electron chi connectivity index (χ2n) is 4.31. The van der Waals surface area contributed by atoms with Gasteiger partial charge in [-0.3, -0.25) is 4.79 Å². The molecule has 2 aliphatic heterocycles. The van der Waals surface area contributed by atoms with Crippen LogP contribution in [0.25, 0.3) is 0 Å². The number of benzene rings is 1. The first-order chi connectivity index (χ1) is 8.23. The van der Waals surface area contributed by atoms with E-state index in [4.69, 9.17) is 4.74 Å². The summed E-state index contributed by atoms with van der Waals surface area (Å²) in [5.74, 6) is 0.457. The van der Waals surface area contributed by atoms with Crippen molar-refractivity contribution in [1.82, 2.24) is 0 Å². The number of carbonyl (C=O) groups excluding carboxylic acids is 2. The highest BCUT2D eigenvalue weighted by atomic mass is 32.2. The lowest BCUT2D eigenvalue weighted by Gasteiger charge is -2.37. The van der Waals surface area contributed by atoms with E-state index < -0.39 is 5.41 Å². The van der Waals surface area contributed by atoms with Gasteiger partial charge in [0.15, 0.2) is 0 Å². The Morgan fingerprint density at radius 3 is 2.88 bits per heavy atom. The first-order valence-electron chi connectivity index (χ1n) is 5.35. The minimum Gasteiger partial charge on any atom is -0.379 e. The van der Waals surface area contributed by atoms with Gasteiger partial charge in [-0.1, -0.05) is 6.07 Å². The number of amides is 1. The van der Waals surface area contributed by atoms with E-state index in [1.807, 2.05) is 18.2 Å².